The monoisotopic (exact) mass is 1180 g/mol. The van der Waals surface area contributed by atoms with E-state index in [9.17, 15) is 48.3 Å². The predicted molar refractivity (Wildman–Crippen MR) is 321 cm³/mol. The number of rotatable bonds is 36. The van der Waals surface area contributed by atoms with Crippen molar-refractivity contribution in [2.75, 3.05) is 69.0 Å². The predicted octanol–water partition coefficient (Wildman–Crippen LogP) is 2.52. The van der Waals surface area contributed by atoms with E-state index in [1.165, 1.54) is 73.7 Å². The zero-order valence-electron chi connectivity index (χ0n) is 54.7. The first-order valence-corrected chi connectivity index (χ1v) is 29.4. The van der Waals surface area contributed by atoms with Gasteiger partial charge in [-0.2, -0.15) is 0 Å². The highest BCUT2D eigenvalue weighted by atomic mass is 16.3. The highest BCUT2D eigenvalue weighted by Gasteiger charge is 2.48. The number of allylic oxidation sites excluding steroid dienone is 2. The number of aldehydes is 1. The van der Waals surface area contributed by atoms with Gasteiger partial charge in [-0.3, -0.25) is 52.8 Å². The number of carbonyl (C=O) groups is 11. The first kappa shape index (κ1) is 77.0. The lowest BCUT2D eigenvalue weighted by Gasteiger charge is -2.47. The van der Waals surface area contributed by atoms with Crippen LogP contribution in [-0.4, -0.2) is 228 Å². The molecule has 3 unspecified atom stereocenters. The molecule has 83 heavy (non-hydrogen) atoms. The minimum Gasteiger partial charge on any atom is -0.391 e. The molecule has 0 bridgehead atoms. The lowest BCUT2D eigenvalue weighted by Crippen LogP contribution is -2.67. The van der Waals surface area contributed by atoms with Crippen LogP contribution in [0.5, 0.6) is 0 Å². The van der Waals surface area contributed by atoms with Crippen LogP contribution in [-0.2, 0) is 52.7 Å². The van der Waals surface area contributed by atoms with Crippen LogP contribution in [0.15, 0.2) is 12.2 Å². The first-order valence-electron chi connectivity index (χ1n) is 29.4. The van der Waals surface area contributed by atoms with Gasteiger partial charge in [-0.1, -0.05) is 102 Å². The third-order valence-electron chi connectivity index (χ3n) is 16.0. The molecular weight excluding hydrogens is 1070 g/mol. The molecule has 0 aromatic rings. The second kappa shape index (κ2) is 35.4. The summed E-state index contributed by atoms with van der Waals surface area (Å²) < 4.78 is 0. The van der Waals surface area contributed by atoms with Crippen LogP contribution in [0.4, 0.5) is 0 Å². The Kier molecular flexibility index (Phi) is 32.8. The number of nitrogens with two attached hydrogens (primary N) is 1. The van der Waals surface area contributed by atoms with E-state index in [2.05, 4.69) is 16.0 Å². The number of hydrogen-bond donors (Lipinski definition) is 5. The molecule has 10 amide bonds. The van der Waals surface area contributed by atoms with Crippen LogP contribution in [0.25, 0.3) is 0 Å². The average Bonchev–Trinajstić information content (AvgIpc) is 3.40. The quantitative estimate of drug-likeness (QED) is 0.0446. The van der Waals surface area contributed by atoms with E-state index in [-0.39, 0.29) is 74.3 Å². The average molecular weight is 1180 g/mol. The molecule has 6 N–H and O–H groups in total. The summed E-state index contributed by atoms with van der Waals surface area (Å²) in [7, 11) is 10.2. The van der Waals surface area contributed by atoms with Crippen LogP contribution >= 0.6 is 0 Å². The van der Waals surface area contributed by atoms with Crippen LogP contribution in [0.2, 0.25) is 0 Å². The van der Waals surface area contributed by atoms with Crippen LogP contribution in [0.3, 0.4) is 0 Å². The number of primary amides is 1. The van der Waals surface area contributed by atoms with Crippen molar-refractivity contribution < 1.29 is 57.8 Å². The van der Waals surface area contributed by atoms with Gasteiger partial charge in [-0.05, 0) is 95.4 Å². The van der Waals surface area contributed by atoms with Gasteiger partial charge in [-0.25, -0.2) is 0 Å². The maximum Gasteiger partial charge on any atom is 0.245 e. The number of nitrogens with zero attached hydrogens (tertiary/aromatic N) is 7. The molecular formula is C60H109N11O12. The van der Waals surface area contributed by atoms with Crippen LogP contribution in [0.1, 0.15) is 143 Å². The van der Waals surface area contributed by atoms with Crippen molar-refractivity contribution in [2.45, 2.75) is 197 Å². The molecule has 0 spiro atoms. The van der Waals surface area contributed by atoms with Crippen molar-refractivity contribution in [3.8, 4) is 0 Å². The van der Waals surface area contributed by atoms with E-state index in [1.807, 2.05) is 68.4 Å². The smallest absolute Gasteiger partial charge is 0.245 e. The Hall–Kier alpha value is -5.97. The van der Waals surface area contributed by atoms with Crippen molar-refractivity contribution in [1.82, 2.24) is 50.2 Å². The third-order valence-corrected chi connectivity index (χ3v) is 16.0. The van der Waals surface area contributed by atoms with E-state index < -0.39 is 125 Å². The lowest BCUT2D eigenvalue weighted by atomic mass is 9.83. The third kappa shape index (κ3) is 22.5. The largest absolute Gasteiger partial charge is 0.391 e. The van der Waals surface area contributed by atoms with E-state index in [0.717, 1.165) is 9.80 Å². The summed E-state index contributed by atoms with van der Waals surface area (Å²) in [5, 5.41) is 20.3. The molecule has 0 fully saturated rings. The zero-order valence-corrected chi connectivity index (χ0v) is 54.7. The van der Waals surface area contributed by atoms with Gasteiger partial charge in [0, 0.05) is 54.7 Å². The molecule has 0 radical (unpaired) electrons. The minimum absolute atomic E-state index is 0.0404. The summed E-state index contributed by atoms with van der Waals surface area (Å²) in [6.07, 6.45) is 3.85. The molecule has 476 valence electrons. The fraction of sp³-hybridized carbons (Fsp3) is 0.783. The van der Waals surface area contributed by atoms with Gasteiger partial charge >= 0.3 is 0 Å². The summed E-state index contributed by atoms with van der Waals surface area (Å²) in [5.74, 6) is -7.71. The van der Waals surface area contributed by atoms with Crippen molar-refractivity contribution in [3.05, 3.63) is 12.2 Å². The number of carbonyl (C=O) groups excluding carboxylic acids is 11. The molecule has 0 aromatic heterocycles. The summed E-state index contributed by atoms with van der Waals surface area (Å²) >= 11 is 0. The Morgan fingerprint density at radius 3 is 1.52 bits per heavy atom. The van der Waals surface area contributed by atoms with Gasteiger partial charge in [0.1, 0.15) is 54.1 Å². The number of likely N-dealkylation sites (N-methyl/N-ethyl adjacent to an activating group) is 7. The van der Waals surface area contributed by atoms with E-state index >= 15 is 9.59 Å². The van der Waals surface area contributed by atoms with Gasteiger partial charge in [-0.15, -0.1) is 0 Å². The molecule has 23 nitrogen and oxygen atoms in total. The SMILES string of the molecule is C/C=C/C[C@@H](C)[C@H](O)C(C(=O)N[C@H](CC)C(=O)N(C)CC(=O)N(C)CC(N)=O)N(C)CC(C=O)(C(C)C)N(C)C(=O)[C@@H](CC(C)C)N(C)C(=O)[C@@H](CC(C)C)N(C)C(=O)[C@H](C)NC(=O)C(CC(C)C)NC(=O)[C@H](C)N(C)C(=O)[C@@H](C)C(C)C. The second-order valence-electron chi connectivity index (χ2n) is 24.9. The Labute approximate surface area is 496 Å². The molecule has 0 heterocycles. The van der Waals surface area contributed by atoms with Gasteiger partial charge in [0.2, 0.25) is 59.1 Å². The number of aliphatic hydroxyl groups excluding tert-OH is 1. The van der Waals surface area contributed by atoms with E-state index in [4.69, 9.17) is 5.73 Å². The molecule has 0 saturated heterocycles. The van der Waals surface area contributed by atoms with Crippen molar-refractivity contribution >= 4 is 65.4 Å². The van der Waals surface area contributed by atoms with Crippen LogP contribution in [0, 0.1) is 41.4 Å². The maximum absolute atomic E-state index is 15.3. The standard InChI is InChI=1S/C60H109N11O12/c1-24-26-27-40(13)51(75)50(54(78)63-44(25-2)57(81)66(18)32-49(74)65(17)31-48(61)73)67(19)33-60(34-72,39(11)12)71(23)59(83)47(30-37(7)8)70(22)58(82)46(29-36(5)6)69(21)56(80)42(15)62-53(77)45(28-35(3)4)64-52(76)43(16)68(20)55(79)41(14)38(9)10/h24,26,34-47,50-51,75H,25,27-33H2,1-23H3,(H2,61,73)(H,62,77)(H,63,78)(H,64,76)/b26-24+/t40-,41+,42+,43+,44-,45?,46-,47-,50?,51+,60?/m1/s1. The molecule has 11 atom stereocenters. The minimum atomic E-state index is -1.70. The molecule has 0 aromatic carbocycles. The fourth-order valence-corrected chi connectivity index (χ4v) is 9.79. The second-order valence-corrected chi connectivity index (χ2v) is 24.9. The van der Waals surface area contributed by atoms with Crippen molar-refractivity contribution in [2.24, 2.45) is 47.2 Å². The van der Waals surface area contributed by atoms with Gasteiger partial charge < -0.3 is 61.0 Å². The highest BCUT2D eigenvalue weighted by molar-refractivity contribution is 5.97. The summed E-state index contributed by atoms with van der Waals surface area (Å²) in [6.45, 7) is 27.5. The molecule has 23 heteroatoms. The molecule has 0 aliphatic carbocycles. The molecule has 0 aliphatic rings. The number of nitrogens with one attached hydrogen (secondary N) is 3. The Morgan fingerprint density at radius 1 is 0.578 bits per heavy atom. The number of amides is 10. The van der Waals surface area contributed by atoms with E-state index in [0.29, 0.717) is 12.7 Å². The summed E-state index contributed by atoms with van der Waals surface area (Å²) in [5.41, 5.74) is 3.55. The van der Waals surface area contributed by atoms with E-state index in [1.54, 1.807) is 54.7 Å². The zero-order chi connectivity index (χ0) is 64.9. The van der Waals surface area contributed by atoms with Gasteiger partial charge in [0.25, 0.3) is 0 Å². The summed E-state index contributed by atoms with van der Waals surface area (Å²) in [6, 6.07) is -8.02. The van der Waals surface area contributed by atoms with Crippen molar-refractivity contribution in [1.29, 1.82) is 0 Å². The lowest BCUT2D eigenvalue weighted by molar-refractivity contribution is -0.156. The first-order chi connectivity index (χ1) is 38.2. The highest BCUT2D eigenvalue weighted by Crippen LogP contribution is 2.29. The topological polar surface area (TPSA) is 293 Å². The Bertz CT molecular complexity index is 2220. The molecule has 0 rings (SSSR count). The summed E-state index contributed by atoms with van der Waals surface area (Å²) in [4.78, 5) is 161. The molecule has 0 saturated carbocycles. The number of hydrogen-bond acceptors (Lipinski definition) is 13. The van der Waals surface area contributed by atoms with Gasteiger partial charge in [0.05, 0.1) is 19.2 Å². The Balaban J connectivity index is 7.22. The van der Waals surface area contributed by atoms with Crippen molar-refractivity contribution in [3.63, 3.8) is 0 Å². The van der Waals surface area contributed by atoms with Gasteiger partial charge in [0.15, 0.2) is 0 Å². The molecule has 0 aliphatic heterocycles. The maximum atomic E-state index is 15.3. The van der Waals surface area contributed by atoms with Crippen LogP contribution < -0.4 is 21.7 Å². The number of aliphatic hydroxyl groups is 1. The Morgan fingerprint density at radius 2 is 1.07 bits per heavy atom. The fourth-order valence-electron chi connectivity index (χ4n) is 9.79. The normalized spacial score (nSPS) is 16.2.